The van der Waals surface area contributed by atoms with Gasteiger partial charge in [-0.25, -0.2) is 18.0 Å². The minimum Gasteiger partial charge on any atom is -0.487 e. The summed E-state index contributed by atoms with van der Waals surface area (Å²) in [5.41, 5.74) is 1.29. The topological polar surface area (TPSA) is 109 Å². The predicted octanol–water partition coefficient (Wildman–Crippen LogP) is 4.45. The maximum atomic E-state index is 13.9. The van der Waals surface area contributed by atoms with E-state index in [-0.39, 0.29) is 36.7 Å². The number of ether oxygens (including phenoxy) is 2. The number of aliphatic hydroxyl groups excluding tert-OH is 1. The first-order chi connectivity index (χ1) is 18.8. The van der Waals surface area contributed by atoms with E-state index in [4.69, 9.17) is 9.47 Å². The van der Waals surface area contributed by atoms with E-state index in [0.717, 1.165) is 23.8 Å². The number of aliphatic hydroxyl groups is 1. The zero-order chi connectivity index (χ0) is 27.5. The first-order valence-electron chi connectivity index (χ1n) is 12.4. The fourth-order valence-electron chi connectivity index (χ4n) is 4.97. The number of halogens is 3. The van der Waals surface area contributed by atoms with E-state index < -0.39 is 47.7 Å². The van der Waals surface area contributed by atoms with Crippen molar-refractivity contribution in [3.8, 4) is 5.75 Å². The fraction of sp³-hybridized carbons (Fsp3) is 0.286. The first-order valence-corrected chi connectivity index (χ1v) is 12.4. The minimum absolute atomic E-state index is 0.0263. The number of carbonyl (C=O) groups excluding carboxylic acids is 2. The molecule has 39 heavy (non-hydrogen) atoms. The van der Waals surface area contributed by atoms with E-state index in [9.17, 15) is 27.9 Å². The van der Waals surface area contributed by atoms with E-state index in [1.54, 1.807) is 24.3 Å². The first kappa shape index (κ1) is 26.5. The largest absolute Gasteiger partial charge is 0.487 e. The van der Waals surface area contributed by atoms with Crippen LogP contribution in [0.15, 0.2) is 60.7 Å². The Kier molecular flexibility index (Phi) is 7.71. The lowest BCUT2D eigenvalue weighted by Crippen LogP contribution is -2.47. The smallest absolute Gasteiger partial charge is 0.323 e. The average Bonchev–Trinajstić information content (AvgIpc) is 3.28. The number of fused-ring (bicyclic) bond motifs is 3. The molecule has 1 fully saturated rings. The van der Waals surface area contributed by atoms with Crippen LogP contribution >= 0.6 is 0 Å². The second kappa shape index (κ2) is 11.3. The van der Waals surface area contributed by atoms with Gasteiger partial charge in [0.05, 0.1) is 24.8 Å². The molecule has 0 aromatic heterocycles. The lowest BCUT2D eigenvalue weighted by Gasteiger charge is -2.37. The Hall–Kier alpha value is -4.09. The molecular weight excluding hydrogens is 515 g/mol. The van der Waals surface area contributed by atoms with E-state index in [1.807, 2.05) is 0 Å². The van der Waals surface area contributed by atoms with E-state index >= 15 is 0 Å². The normalized spacial score (nSPS) is 21.3. The van der Waals surface area contributed by atoms with E-state index in [0.29, 0.717) is 17.9 Å². The summed E-state index contributed by atoms with van der Waals surface area (Å²) in [6.07, 6.45) is -1.43. The second-order valence-electron chi connectivity index (χ2n) is 9.43. The minimum atomic E-state index is -0.699. The van der Waals surface area contributed by atoms with E-state index in [1.165, 1.54) is 18.2 Å². The van der Waals surface area contributed by atoms with Crippen LogP contribution in [0.4, 0.5) is 29.3 Å². The SMILES string of the molecule is O=C(C[C@@H]1C[C@@H]2c3cc(NC(=O)Nc4ccccc4F)ccc3O[C@@H]2[C@@H](CO)O1)NCc1cc(F)ccc1F. The molecule has 0 saturated carbocycles. The number of nitrogens with one attached hydrogen (secondary N) is 3. The zero-order valence-corrected chi connectivity index (χ0v) is 20.6. The van der Waals surface area contributed by atoms with Crippen LogP contribution in [0, 0.1) is 17.5 Å². The summed E-state index contributed by atoms with van der Waals surface area (Å²) in [7, 11) is 0. The standard InChI is InChI=1S/C28H26F3N3O5/c29-16-5-7-21(30)15(9-16)13-32-26(36)12-18-11-20-19-10-17(6-8-24(19)39-27(20)25(14-35)38-18)33-28(37)34-23-4-2-1-3-22(23)31/h1-10,18,20,25,27,35H,11-14H2,(H,32,36)(H2,33,34,37)/t18-,20+,25+,27-/m0/s1. The lowest BCUT2D eigenvalue weighted by molar-refractivity contribution is -0.142. The Bertz CT molecular complexity index is 1390. The molecule has 11 heteroatoms. The molecule has 4 N–H and O–H groups in total. The van der Waals surface area contributed by atoms with Crippen molar-refractivity contribution in [1.82, 2.24) is 5.32 Å². The van der Waals surface area contributed by atoms with Gasteiger partial charge in [-0.2, -0.15) is 0 Å². The summed E-state index contributed by atoms with van der Waals surface area (Å²) < 4.78 is 53.1. The number of carbonyl (C=O) groups is 2. The van der Waals surface area contributed by atoms with Crippen molar-refractivity contribution >= 4 is 23.3 Å². The number of hydrogen-bond donors (Lipinski definition) is 4. The summed E-state index contributed by atoms with van der Waals surface area (Å²) in [6.45, 7) is -0.515. The summed E-state index contributed by atoms with van der Waals surface area (Å²) in [4.78, 5) is 25.0. The van der Waals surface area contributed by atoms with Gasteiger partial charge in [-0.3, -0.25) is 4.79 Å². The molecular formula is C28H26F3N3O5. The van der Waals surface area contributed by atoms with Crippen molar-refractivity contribution in [2.45, 2.75) is 43.6 Å². The molecule has 0 aliphatic carbocycles. The van der Waals surface area contributed by atoms with Crippen LogP contribution in [-0.2, 0) is 16.1 Å². The Morgan fingerprint density at radius 2 is 1.79 bits per heavy atom. The zero-order valence-electron chi connectivity index (χ0n) is 20.6. The molecule has 0 unspecified atom stereocenters. The van der Waals surface area contributed by atoms with Crippen molar-refractivity contribution in [1.29, 1.82) is 0 Å². The summed E-state index contributed by atoms with van der Waals surface area (Å²) in [6, 6.07) is 13.3. The van der Waals surface area contributed by atoms with Crippen LogP contribution in [0.2, 0.25) is 0 Å². The van der Waals surface area contributed by atoms with E-state index in [2.05, 4.69) is 16.0 Å². The number of benzene rings is 3. The highest BCUT2D eigenvalue weighted by Crippen LogP contribution is 2.47. The lowest BCUT2D eigenvalue weighted by atomic mass is 9.84. The van der Waals surface area contributed by atoms with Crippen LogP contribution in [0.25, 0.3) is 0 Å². The van der Waals surface area contributed by atoms with Crippen LogP contribution in [0.3, 0.4) is 0 Å². The number of hydrogen-bond acceptors (Lipinski definition) is 5. The molecule has 2 aliphatic heterocycles. The highest BCUT2D eigenvalue weighted by Gasteiger charge is 2.46. The Balaban J connectivity index is 1.24. The van der Waals surface area contributed by atoms with Crippen molar-refractivity contribution < 1.29 is 37.3 Å². The molecule has 0 spiro atoms. The van der Waals surface area contributed by atoms with Gasteiger partial charge in [0.2, 0.25) is 5.91 Å². The Morgan fingerprint density at radius 3 is 2.59 bits per heavy atom. The van der Waals surface area contributed by atoms with Crippen molar-refractivity contribution in [3.63, 3.8) is 0 Å². The van der Waals surface area contributed by atoms with Gasteiger partial charge < -0.3 is 30.5 Å². The Labute approximate surface area is 222 Å². The van der Waals surface area contributed by atoms with Crippen LogP contribution in [-0.4, -0.2) is 42.0 Å². The highest BCUT2D eigenvalue weighted by molar-refractivity contribution is 6.00. The monoisotopic (exact) mass is 541 g/mol. The van der Waals surface area contributed by atoms with Gasteiger partial charge in [-0.1, -0.05) is 12.1 Å². The summed E-state index contributed by atoms with van der Waals surface area (Å²) >= 11 is 0. The summed E-state index contributed by atoms with van der Waals surface area (Å²) in [5, 5.41) is 17.7. The molecule has 1 saturated heterocycles. The number of rotatable bonds is 7. The summed E-state index contributed by atoms with van der Waals surface area (Å²) in [5.74, 6) is -1.88. The molecule has 4 atom stereocenters. The van der Waals surface area contributed by atoms with Gasteiger partial charge in [-0.15, -0.1) is 0 Å². The molecule has 2 aliphatic rings. The third kappa shape index (κ3) is 5.99. The quantitative estimate of drug-likeness (QED) is 0.354. The van der Waals surface area contributed by atoms with Gasteiger partial charge in [-0.05, 0) is 55.0 Å². The molecule has 2 heterocycles. The molecule has 3 aromatic rings. The third-order valence-corrected chi connectivity index (χ3v) is 6.78. The van der Waals surface area contributed by atoms with Gasteiger partial charge in [0.25, 0.3) is 0 Å². The van der Waals surface area contributed by atoms with Gasteiger partial charge in [0.15, 0.2) is 0 Å². The van der Waals surface area contributed by atoms with Gasteiger partial charge in [0.1, 0.15) is 35.4 Å². The number of para-hydroxylation sites is 1. The predicted molar refractivity (Wildman–Crippen MR) is 136 cm³/mol. The highest BCUT2D eigenvalue weighted by atomic mass is 19.1. The maximum absolute atomic E-state index is 13.9. The maximum Gasteiger partial charge on any atom is 0.323 e. The molecule has 8 nitrogen and oxygen atoms in total. The van der Waals surface area contributed by atoms with Crippen molar-refractivity contribution in [3.05, 3.63) is 89.2 Å². The number of urea groups is 1. The van der Waals surface area contributed by atoms with Crippen LogP contribution in [0.1, 0.15) is 29.9 Å². The number of anilines is 2. The second-order valence-corrected chi connectivity index (χ2v) is 9.43. The van der Waals surface area contributed by atoms with Crippen molar-refractivity contribution in [2.24, 2.45) is 0 Å². The molecule has 0 bridgehead atoms. The Morgan fingerprint density at radius 1 is 0.974 bits per heavy atom. The van der Waals surface area contributed by atoms with Crippen LogP contribution < -0.4 is 20.7 Å². The van der Waals surface area contributed by atoms with Crippen LogP contribution in [0.5, 0.6) is 5.75 Å². The molecule has 204 valence electrons. The molecule has 5 rings (SSSR count). The molecule has 3 amide bonds. The molecule has 3 aromatic carbocycles. The van der Waals surface area contributed by atoms with Crippen molar-refractivity contribution in [2.75, 3.05) is 17.2 Å². The molecule has 0 radical (unpaired) electrons. The van der Waals surface area contributed by atoms with Gasteiger partial charge >= 0.3 is 6.03 Å². The number of amides is 3. The average molecular weight is 542 g/mol. The third-order valence-electron chi connectivity index (χ3n) is 6.78. The van der Waals surface area contributed by atoms with Gasteiger partial charge in [0, 0.05) is 29.3 Å². The fourth-order valence-corrected chi connectivity index (χ4v) is 4.97.